The molecule has 8 nitrogen and oxygen atoms in total. The number of halogens is 4. The first-order chi connectivity index (χ1) is 14.7. The van der Waals surface area contributed by atoms with Crippen LogP contribution in [0.25, 0.3) is 5.78 Å². The minimum absolute atomic E-state index is 0.0779. The van der Waals surface area contributed by atoms with Crippen LogP contribution in [0.4, 0.5) is 29.1 Å². The van der Waals surface area contributed by atoms with Gasteiger partial charge in [0.2, 0.25) is 5.91 Å². The van der Waals surface area contributed by atoms with Crippen LogP contribution in [0.5, 0.6) is 0 Å². The number of aromatic nitrogens is 4. The first-order valence-corrected chi connectivity index (χ1v) is 9.54. The lowest BCUT2D eigenvalue weighted by Gasteiger charge is -2.35. The maximum atomic E-state index is 13.7. The molecule has 0 aliphatic carbocycles. The molecule has 1 amide bonds. The van der Waals surface area contributed by atoms with Gasteiger partial charge in [-0.3, -0.25) is 9.69 Å². The molecule has 0 radical (unpaired) electrons. The molecule has 1 N–H and O–H groups in total. The molecular formula is C19H19F4N7O. The van der Waals surface area contributed by atoms with Crippen molar-refractivity contribution >= 4 is 23.2 Å². The Kier molecular flexibility index (Phi) is 5.48. The number of amides is 1. The number of fused-ring (bicyclic) bond motifs is 1. The van der Waals surface area contributed by atoms with E-state index in [0.717, 1.165) is 4.52 Å². The van der Waals surface area contributed by atoms with E-state index in [-0.39, 0.29) is 23.9 Å². The molecule has 3 heterocycles. The van der Waals surface area contributed by atoms with Gasteiger partial charge in [0, 0.05) is 37.9 Å². The summed E-state index contributed by atoms with van der Waals surface area (Å²) in [6.45, 7) is 3.67. The third-order valence-corrected chi connectivity index (χ3v) is 4.89. The summed E-state index contributed by atoms with van der Waals surface area (Å²) in [5, 5.41) is 6.13. The molecule has 0 saturated carbocycles. The Morgan fingerprint density at radius 2 is 1.84 bits per heavy atom. The molecule has 31 heavy (non-hydrogen) atoms. The van der Waals surface area contributed by atoms with E-state index >= 15 is 0 Å². The van der Waals surface area contributed by atoms with Crippen molar-refractivity contribution in [1.29, 1.82) is 0 Å². The fourth-order valence-electron chi connectivity index (χ4n) is 3.40. The van der Waals surface area contributed by atoms with Crippen molar-refractivity contribution in [2.45, 2.75) is 13.1 Å². The molecule has 0 spiro atoms. The highest BCUT2D eigenvalue weighted by molar-refractivity contribution is 5.92. The number of hydrogen-bond donors (Lipinski definition) is 1. The van der Waals surface area contributed by atoms with Crippen LogP contribution in [-0.2, 0) is 11.0 Å². The number of carbonyl (C=O) groups is 1. The average Bonchev–Trinajstić information content (AvgIpc) is 3.14. The summed E-state index contributed by atoms with van der Waals surface area (Å²) in [6.07, 6.45) is -4.66. The second-order valence-corrected chi connectivity index (χ2v) is 7.19. The second-order valence-electron chi connectivity index (χ2n) is 7.19. The Labute approximate surface area is 174 Å². The molecular weight excluding hydrogens is 418 g/mol. The number of hydrogen-bond acceptors (Lipinski definition) is 6. The molecule has 12 heteroatoms. The Morgan fingerprint density at radius 1 is 1.13 bits per heavy atom. The monoisotopic (exact) mass is 437 g/mol. The molecule has 1 aliphatic rings. The van der Waals surface area contributed by atoms with E-state index in [9.17, 15) is 22.4 Å². The van der Waals surface area contributed by atoms with Crippen molar-refractivity contribution in [3.63, 3.8) is 0 Å². The van der Waals surface area contributed by atoms with E-state index in [1.54, 1.807) is 19.1 Å². The number of alkyl halides is 3. The van der Waals surface area contributed by atoms with Crippen molar-refractivity contribution in [3.8, 4) is 0 Å². The van der Waals surface area contributed by atoms with E-state index in [1.807, 2.05) is 9.80 Å². The highest BCUT2D eigenvalue weighted by Crippen LogP contribution is 2.28. The summed E-state index contributed by atoms with van der Waals surface area (Å²) in [7, 11) is 0. The topological polar surface area (TPSA) is 78.7 Å². The zero-order valence-corrected chi connectivity index (χ0v) is 16.5. The smallest absolute Gasteiger partial charge is 0.354 e. The van der Waals surface area contributed by atoms with Gasteiger partial charge in [0.05, 0.1) is 12.2 Å². The SMILES string of the molecule is Cc1cc(N2CCN(CC(=O)Nc3ccccc3F)CC2)n2nc(C(F)(F)F)nc2n1. The summed E-state index contributed by atoms with van der Waals surface area (Å²) >= 11 is 0. The van der Waals surface area contributed by atoms with Gasteiger partial charge in [-0.1, -0.05) is 12.1 Å². The molecule has 0 atom stereocenters. The van der Waals surface area contributed by atoms with E-state index in [2.05, 4.69) is 20.4 Å². The van der Waals surface area contributed by atoms with Gasteiger partial charge in [-0.25, -0.2) is 9.37 Å². The highest BCUT2D eigenvalue weighted by atomic mass is 19.4. The fraction of sp³-hybridized carbons (Fsp3) is 0.368. The van der Waals surface area contributed by atoms with Gasteiger partial charge in [0.1, 0.15) is 11.6 Å². The summed E-state index contributed by atoms with van der Waals surface area (Å²) in [4.78, 5) is 23.5. The Bertz CT molecular complexity index is 1110. The second kappa shape index (κ2) is 8.10. The van der Waals surface area contributed by atoms with Crippen LogP contribution in [-0.4, -0.2) is 63.1 Å². The van der Waals surface area contributed by atoms with Crippen LogP contribution in [0.15, 0.2) is 30.3 Å². The molecule has 1 fully saturated rings. The predicted octanol–water partition coefficient (Wildman–Crippen LogP) is 2.35. The lowest BCUT2D eigenvalue weighted by molar-refractivity contribution is -0.144. The third kappa shape index (κ3) is 4.58. The van der Waals surface area contributed by atoms with Gasteiger partial charge in [0.15, 0.2) is 0 Å². The number of para-hydroxylation sites is 1. The summed E-state index contributed by atoms with van der Waals surface area (Å²) in [5.74, 6) is -1.75. The highest BCUT2D eigenvalue weighted by Gasteiger charge is 2.37. The molecule has 1 saturated heterocycles. The minimum Gasteiger partial charge on any atom is -0.354 e. The van der Waals surface area contributed by atoms with E-state index < -0.39 is 17.8 Å². The normalized spacial score (nSPS) is 15.5. The van der Waals surface area contributed by atoms with Crippen LogP contribution >= 0.6 is 0 Å². The molecule has 0 bridgehead atoms. The molecule has 1 aromatic carbocycles. The van der Waals surface area contributed by atoms with Gasteiger partial charge in [-0.2, -0.15) is 22.7 Å². The number of piperazine rings is 1. The summed E-state index contributed by atoms with van der Waals surface area (Å²) in [6, 6.07) is 7.57. The number of nitrogens with zero attached hydrogens (tertiary/aromatic N) is 6. The third-order valence-electron chi connectivity index (χ3n) is 4.89. The number of carbonyl (C=O) groups excluding carboxylic acids is 1. The lowest BCUT2D eigenvalue weighted by atomic mass is 10.2. The summed E-state index contributed by atoms with van der Waals surface area (Å²) in [5.41, 5.74) is 0.641. The van der Waals surface area contributed by atoms with Crippen molar-refractivity contribution in [1.82, 2.24) is 24.5 Å². The van der Waals surface area contributed by atoms with Crippen LogP contribution in [0.3, 0.4) is 0 Å². The fourth-order valence-corrected chi connectivity index (χ4v) is 3.40. The van der Waals surface area contributed by atoms with Crippen molar-refractivity contribution in [2.75, 3.05) is 42.9 Å². The number of anilines is 2. The van der Waals surface area contributed by atoms with E-state index in [1.165, 1.54) is 18.2 Å². The molecule has 4 rings (SSSR count). The minimum atomic E-state index is -4.66. The molecule has 3 aromatic rings. The van der Waals surface area contributed by atoms with Crippen LogP contribution in [0.1, 0.15) is 11.5 Å². The Balaban J connectivity index is 1.43. The number of benzene rings is 1. The molecule has 1 aliphatic heterocycles. The van der Waals surface area contributed by atoms with Crippen molar-refractivity contribution in [3.05, 3.63) is 47.7 Å². The maximum Gasteiger partial charge on any atom is 0.453 e. The number of nitrogens with one attached hydrogen (secondary N) is 1. The Morgan fingerprint density at radius 3 is 2.52 bits per heavy atom. The lowest BCUT2D eigenvalue weighted by Crippen LogP contribution is -2.49. The van der Waals surface area contributed by atoms with Crippen molar-refractivity contribution in [2.24, 2.45) is 0 Å². The van der Waals surface area contributed by atoms with Gasteiger partial charge in [0.25, 0.3) is 11.6 Å². The quantitative estimate of drug-likeness (QED) is 0.632. The van der Waals surface area contributed by atoms with Gasteiger partial charge < -0.3 is 10.2 Å². The van der Waals surface area contributed by atoms with Gasteiger partial charge in [-0.05, 0) is 19.1 Å². The van der Waals surface area contributed by atoms with E-state index in [0.29, 0.717) is 37.7 Å². The predicted molar refractivity (Wildman–Crippen MR) is 104 cm³/mol. The maximum absolute atomic E-state index is 13.7. The number of aryl methyl sites for hydroxylation is 1. The zero-order valence-electron chi connectivity index (χ0n) is 16.5. The Hall–Kier alpha value is -3.28. The molecule has 0 unspecified atom stereocenters. The first kappa shape index (κ1) is 21.0. The molecule has 164 valence electrons. The van der Waals surface area contributed by atoms with Gasteiger partial charge >= 0.3 is 6.18 Å². The van der Waals surface area contributed by atoms with E-state index in [4.69, 9.17) is 0 Å². The number of rotatable bonds is 4. The van der Waals surface area contributed by atoms with Crippen LogP contribution in [0, 0.1) is 12.7 Å². The van der Waals surface area contributed by atoms with Crippen LogP contribution in [0.2, 0.25) is 0 Å². The standard InChI is InChI=1S/C19H19F4N7O/c1-12-10-16(30-18(24-12)26-17(27-30)19(21,22)23)29-8-6-28(7-9-29)11-15(31)25-14-5-3-2-4-13(14)20/h2-5,10H,6-9,11H2,1H3,(H,25,31). The van der Waals surface area contributed by atoms with Crippen molar-refractivity contribution < 1.29 is 22.4 Å². The summed E-state index contributed by atoms with van der Waals surface area (Å²) < 4.78 is 53.8. The van der Waals surface area contributed by atoms with Crippen LogP contribution < -0.4 is 10.2 Å². The zero-order chi connectivity index (χ0) is 22.2. The largest absolute Gasteiger partial charge is 0.453 e. The average molecular weight is 437 g/mol. The molecule has 2 aromatic heterocycles. The van der Waals surface area contributed by atoms with Gasteiger partial charge in [-0.15, -0.1) is 5.10 Å². The first-order valence-electron chi connectivity index (χ1n) is 9.54.